The summed E-state index contributed by atoms with van der Waals surface area (Å²) in [5, 5.41) is 7.09. The summed E-state index contributed by atoms with van der Waals surface area (Å²) in [6, 6.07) is 14.4. The largest absolute Gasteiger partial charge is 0.492 e. The summed E-state index contributed by atoms with van der Waals surface area (Å²) in [7, 11) is 0. The normalized spacial score (nSPS) is 14.7. The van der Waals surface area contributed by atoms with E-state index >= 15 is 0 Å². The molecular weight excluding hydrogens is 382 g/mol. The number of carbonyl (C=O) groups is 1. The summed E-state index contributed by atoms with van der Waals surface area (Å²) in [5.41, 5.74) is 2.24. The highest BCUT2D eigenvalue weighted by Gasteiger charge is 2.24. The monoisotopic (exact) mass is 405 g/mol. The smallest absolute Gasteiger partial charge is 0.280 e. The Kier molecular flexibility index (Phi) is 5.27. The van der Waals surface area contributed by atoms with Gasteiger partial charge in [0.15, 0.2) is 5.69 Å². The van der Waals surface area contributed by atoms with Gasteiger partial charge in [-0.3, -0.25) is 9.59 Å². The maximum atomic E-state index is 13.0. The zero-order valence-corrected chi connectivity index (χ0v) is 17.1. The van der Waals surface area contributed by atoms with Crippen molar-refractivity contribution in [3.05, 3.63) is 75.7 Å². The number of fused-ring (bicyclic) bond motifs is 1. The molecule has 1 atom stereocenters. The number of nitrogens with zero attached hydrogens (tertiary/aromatic N) is 2. The third-order valence-electron chi connectivity index (χ3n) is 4.87. The molecule has 7 nitrogen and oxygen atoms in total. The quantitative estimate of drug-likeness (QED) is 0.702. The Balaban J connectivity index is 1.70. The summed E-state index contributed by atoms with van der Waals surface area (Å²) >= 11 is 0. The van der Waals surface area contributed by atoms with Gasteiger partial charge in [0.25, 0.3) is 5.91 Å². The topological polar surface area (TPSA) is 82.5 Å². The molecule has 4 rings (SSSR count). The SMILES string of the molecule is CCOc1cc2c(cc1NC(=O)c1nn(-c3ccccc3)c(C)cc1=O)O[C@@H](C)C2. The van der Waals surface area contributed by atoms with Crippen LogP contribution in [0, 0.1) is 6.92 Å². The van der Waals surface area contributed by atoms with Gasteiger partial charge >= 0.3 is 0 Å². The summed E-state index contributed by atoms with van der Waals surface area (Å²) in [4.78, 5) is 25.5. The molecule has 2 aromatic carbocycles. The summed E-state index contributed by atoms with van der Waals surface area (Å²) in [6.07, 6.45) is 0.850. The molecule has 1 amide bonds. The lowest BCUT2D eigenvalue weighted by atomic mass is 10.1. The number of amides is 1. The van der Waals surface area contributed by atoms with E-state index in [1.807, 2.05) is 50.2 Å². The van der Waals surface area contributed by atoms with Crippen molar-refractivity contribution in [2.24, 2.45) is 0 Å². The number of aromatic nitrogens is 2. The van der Waals surface area contributed by atoms with Gasteiger partial charge in [0.2, 0.25) is 5.43 Å². The third-order valence-corrected chi connectivity index (χ3v) is 4.87. The average Bonchev–Trinajstić information content (AvgIpc) is 3.08. The van der Waals surface area contributed by atoms with E-state index in [0.29, 0.717) is 29.5 Å². The molecule has 0 fully saturated rings. The minimum atomic E-state index is -0.600. The lowest BCUT2D eigenvalue weighted by Crippen LogP contribution is -2.27. The molecule has 1 aliphatic rings. The first-order valence-corrected chi connectivity index (χ1v) is 9.90. The minimum absolute atomic E-state index is 0.0669. The van der Waals surface area contributed by atoms with Crippen molar-refractivity contribution in [3.8, 4) is 17.2 Å². The summed E-state index contributed by atoms with van der Waals surface area (Å²) in [5.74, 6) is 0.647. The number of aryl methyl sites for hydroxylation is 1. The van der Waals surface area contributed by atoms with E-state index in [9.17, 15) is 9.59 Å². The van der Waals surface area contributed by atoms with Gasteiger partial charge in [-0.2, -0.15) is 5.10 Å². The van der Waals surface area contributed by atoms with Gasteiger partial charge in [-0.05, 0) is 39.0 Å². The number of ether oxygens (including phenoxy) is 2. The fourth-order valence-corrected chi connectivity index (χ4v) is 3.53. The molecule has 0 aliphatic carbocycles. The second kappa shape index (κ2) is 8.02. The number of rotatable bonds is 5. The number of nitrogens with one attached hydrogen (secondary N) is 1. The Morgan fingerprint density at radius 2 is 2.03 bits per heavy atom. The average molecular weight is 405 g/mol. The van der Waals surface area contributed by atoms with Crippen LogP contribution >= 0.6 is 0 Å². The summed E-state index contributed by atoms with van der Waals surface area (Å²) in [6.45, 7) is 6.08. The fraction of sp³-hybridized carbons (Fsp3) is 0.261. The molecule has 1 aliphatic heterocycles. The van der Waals surface area contributed by atoms with E-state index in [4.69, 9.17) is 9.47 Å². The van der Waals surface area contributed by atoms with Crippen LogP contribution in [-0.2, 0) is 6.42 Å². The molecule has 1 aromatic heterocycles. The van der Waals surface area contributed by atoms with Crippen LogP contribution in [-0.4, -0.2) is 28.4 Å². The Hall–Kier alpha value is -3.61. The predicted octanol–water partition coefficient (Wildman–Crippen LogP) is 3.52. The highest BCUT2D eigenvalue weighted by atomic mass is 16.5. The van der Waals surface area contributed by atoms with Crippen LogP contribution in [0.15, 0.2) is 53.3 Å². The standard InChI is InChI=1S/C23H23N3O4/c1-4-29-21-12-16-11-15(3)30-20(16)13-18(21)24-23(28)22-19(27)10-14(2)26(25-22)17-8-6-5-7-9-17/h5-10,12-13,15H,4,11H2,1-3H3,(H,24,28)/t15-/m0/s1. The van der Waals surface area contributed by atoms with Crippen LogP contribution in [0.4, 0.5) is 5.69 Å². The van der Waals surface area contributed by atoms with Gasteiger partial charge in [0, 0.05) is 29.8 Å². The molecule has 7 heteroatoms. The molecule has 0 saturated carbocycles. The number of hydrogen-bond donors (Lipinski definition) is 1. The van der Waals surface area contributed by atoms with Crippen LogP contribution in [0.2, 0.25) is 0 Å². The zero-order chi connectivity index (χ0) is 21.3. The van der Waals surface area contributed by atoms with E-state index in [1.165, 1.54) is 6.07 Å². The molecule has 2 heterocycles. The summed E-state index contributed by atoms with van der Waals surface area (Å²) < 4.78 is 13.1. The molecule has 0 spiro atoms. The van der Waals surface area contributed by atoms with Crippen molar-refractivity contribution < 1.29 is 14.3 Å². The lowest BCUT2D eigenvalue weighted by molar-refractivity contribution is 0.101. The number of benzene rings is 2. The first kappa shape index (κ1) is 19.7. The van der Waals surface area contributed by atoms with E-state index in [1.54, 1.807) is 17.7 Å². The van der Waals surface area contributed by atoms with Gasteiger partial charge < -0.3 is 14.8 Å². The van der Waals surface area contributed by atoms with E-state index in [-0.39, 0.29) is 11.8 Å². The van der Waals surface area contributed by atoms with Crippen molar-refractivity contribution >= 4 is 11.6 Å². The molecular formula is C23H23N3O4. The molecule has 0 saturated heterocycles. The molecule has 3 aromatic rings. The predicted molar refractivity (Wildman–Crippen MR) is 114 cm³/mol. The lowest BCUT2D eigenvalue weighted by Gasteiger charge is -2.14. The second-order valence-electron chi connectivity index (χ2n) is 7.22. The molecule has 0 bridgehead atoms. The van der Waals surface area contributed by atoms with Gasteiger partial charge in [-0.25, -0.2) is 4.68 Å². The molecule has 30 heavy (non-hydrogen) atoms. The maximum Gasteiger partial charge on any atom is 0.280 e. The first-order chi connectivity index (χ1) is 14.5. The van der Waals surface area contributed by atoms with E-state index in [0.717, 1.165) is 17.7 Å². The molecule has 1 N–H and O–H groups in total. The van der Waals surface area contributed by atoms with Gasteiger partial charge in [-0.15, -0.1) is 0 Å². The Bertz CT molecular complexity index is 1160. The first-order valence-electron chi connectivity index (χ1n) is 9.90. The second-order valence-corrected chi connectivity index (χ2v) is 7.22. The minimum Gasteiger partial charge on any atom is -0.492 e. The molecule has 0 radical (unpaired) electrons. The number of hydrogen-bond acceptors (Lipinski definition) is 5. The number of anilines is 1. The van der Waals surface area contributed by atoms with Crippen molar-refractivity contribution in [1.29, 1.82) is 0 Å². The Morgan fingerprint density at radius 1 is 1.27 bits per heavy atom. The van der Waals surface area contributed by atoms with E-state index < -0.39 is 11.3 Å². The zero-order valence-electron chi connectivity index (χ0n) is 17.1. The van der Waals surface area contributed by atoms with Gasteiger partial charge in [-0.1, -0.05) is 18.2 Å². The molecule has 154 valence electrons. The third kappa shape index (κ3) is 3.78. The maximum absolute atomic E-state index is 13.0. The Labute approximate surface area is 174 Å². The van der Waals surface area contributed by atoms with Crippen LogP contribution in [0.5, 0.6) is 11.5 Å². The number of para-hydroxylation sites is 1. The van der Waals surface area contributed by atoms with E-state index in [2.05, 4.69) is 10.4 Å². The van der Waals surface area contributed by atoms with Crippen molar-refractivity contribution in [3.63, 3.8) is 0 Å². The number of carbonyl (C=O) groups excluding carboxylic acids is 1. The highest BCUT2D eigenvalue weighted by Crippen LogP contribution is 2.38. The highest BCUT2D eigenvalue weighted by molar-refractivity contribution is 6.03. The van der Waals surface area contributed by atoms with Crippen molar-refractivity contribution in [2.75, 3.05) is 11.9 Å². The van der Waals surface area contributed by atoms with Crippen LogP contribution in [0.1, 0.15) is 35.6 Å². The van der Waals surface area contributed by atoms with Gasteiger partial charge in [0.05, 0.1) is 18.0 Å². The van der Waals surface area contributed by atoms with Crippen molar-refractivity contribution in [1.82, 2.24) is 9.78 Å². The molecule has 0 unspecified atom stereocenters. The Morgan fingerprint density at radius 3 is 2.77 bits per heavy atom. The van der Waals surface area contributed by atoms with Crippen molar-refractivity contribution in [2.45, 2.75) is 33.3 Å². The van der Waals surface area contributed by atoms with Crippen LogP contribution < -0.4 is 20.2 Å². The van der Waals surface area contributed by atoms with Gasteiger partial charge in [0.1, 0.15) is 17.6 Å². The van der Waals surface area contributed by atoms with Crippen LogP contribution in [0.25, 0.3) is 5.69 Å². The van der Waals surface area contributed by atoms with Crippen LogP contribution in [0.3, 0.4) is 0 Å². The fourth-order valence-electron chi connectivity index (χ4n) is 3.53.